The number of carbonyl (C=O) groups is 2. The number of urea groups is 1. The summed E-state index contributed by atoms with van der Waals surface area (Å²) < 4.78 is 0. The molecule has 1 fully saturated rings. The monoisotopic (exact) mass is 256 g/mol. The van der Waals surface area contributed by atoms with Gasteiger partial charge in [0.2, 0.25) is 0 Å². The van der Waals surface area contributed by atoms with Gasteiger partial charge in [-0.1, -0.05) is 33.6 Å². The number of likely N-dealkylation sites (tertiary alicyclic amines) is 1. The molecule has 5 heteroatoms. The SMILES string of the molecule is CCC1CCN(C(=O)N[C@H](C(=O)O)C(C)CC)C1. The van der Waals surface area contributed by atoms with Gasteiger partial charge in [0.05, 0.1) is 0 Å². The summed E-state index contributed by atoms with van der Waals surface area (Å²) >= 11 is 0. The number of carboxylic acids is 1. The van der Waals surface area contributed by atoms with Gasteiger partial charge < -0.3 is 15.3 Å². The fourth-order valence-electron chi connectivity index (χ4n) is 2.26. The molecule has 5 nitrogen and oxygen atoms in total. The number of carbonyl (C=O) groups excluding carboxylic acids is 1. The van der Waals surface area contributed by atoms with Gasteiger partial charge in [-0.15, -0.1) is 0 Å². The van der Waals surface area contributed by atoms with Gasteiger partial charge in [0.15, 0.2) is 0 Å². The summed E-state index contributed by atoms with van der Waals surface area (Å²) in [6.45, 7) is 7.37. The zero-order valence-corrected chi connectivity index (χ0v) is 11.5. The topological polar surface area (TPSA) is 69.6 Å². The third kappa shape index (κ3) is 3.62. The van der Waals surface area contributed by atoms with E-state index in [4.69, 9.17) is 5.11 Å². The molecule has 0 aromatic rings. The van der Waals surface area contributed by atoms with Crippen molar-refractivity contribution in [2.24, 2.45) is 11.8 Å². The Hall–Kier alpha value is -1.26. The van der Waals surface area contributed by atoms with E-state index in [0.29, 0.717) is 5.92 Å². The third-order valence-corrected chi connectivity index (χ3v) is 3.91. The Kier molecular flexibility index (Phi) is 5.44. The van der Waals surface area contributed by atoms with Crippen LogP contribution in [0.2, 0.25) is 0 Å². The van der Waals surface area contributed by atoms with E-state index in [9.17, 15) is 9.59 Å². The van der Waals surface area contributed by atoms with Gasteiger partial charge in [-0.25, -0.2) is 9.59 Å². The van der Waals surface area contributed by atoms with Crippen molar-refractivity contribution in [2.75, 3.05) is 13.1 Å². The second kappa shape index (κ2) is 6.61. The Morgan fingerprint density at radius 3 is 2.56 bits per heavy atom. The van der Waals surface area contributed by atoms with Crippen molar-refractivity contribution >= 4 is 12.0 Å². The summed E-state index contributed by atoms with van der Waals surface area (Å²) in [5.41, 5.74) is 0. The van der Waals surface area contributed by atoms with Crippen LogP contribution in [0.25, 0.3) is 0 Å². The first-order valence-corrected chi connectivity index (χ1v) is 6.77. The van der Waals surface area contributed by atoms with Gasteiger partial charge in [0.1, 0.15) is 6.04 Å². The van der Waals surface area contributed by atoms with Crippen LogP contribution in [0.5, 0.6) is 0 Å². The minimum absolute atomic E-state index is 0.0592. The lowest BCUT2D eigenvalue weighted by Crippen LogP contribution is -2.50. The molecule has 104 valence electrons. The Morgan fingerprint density at radius 2 is 2.11 bits per heavy atom. The Morgan fingerprint density at radius 1 is 1.44 bits per heavy atom. The number of nitrogens with zero attached hydrogens (tertiary/aromatic N) is 1. The highest BCUT2D eigenvalue weighted by atomic mass is 16.4. The predicted molar refractivity (Wildman–Crippen MR) is 69.4 cm³/mol. The molecular formula is C13H24N2O3. The van der Waals surface area contributed by atoms with Crippen molar-refractivity contribution in [1.29, 1.82) is 0 Å². The van der Waals surface area contributed by atoms with Gasteiger partial charge in [0.25, 0.3) is 0 Å². The average molecular weight is 256 g/mol. The zero-order chi connectivity index (χ0) is 13.7. The van der Waals surface area contributed by atoms with Crippen molar-refractivity contribution in [1.82, 2.24) is 10.2 Å². The lowest BCUT2D eigenvalue weighted by molar-refractivity contribution is -0.140. The Labute approximate surface area is 109 Å². The van der Waals surface area contributed by atoms with Crippen molar-refractivity contribution in [3.8, 4) is 0 Å². The highest BCUT2D eigenvalue weighted by Gasteiger charge is 2.30. The fraction of sp³-hybridized carbons (Fsp3) is 0.846. The smallest absolute Gasteiger partial charge is 0.326 e. The molecule has 2 unspecified atom stereocenters. The number of rotatable bonds is 5. The van der Waals surface area contributed by atoms with Crippen molar-refractivity contribution in [3.05, 3.63) is 0 Å². The van der Waals surface area contributed by atoms with Gasteiger partial charge in [0, 0.05) is 13.1 Å². The van der Waals surface area contributed by atoms with Crippen LogP contribution < -0.4 is 5.32 Å². The molecule has 0 saturated carbocycles. The van der Waals surface area contributed by atoms with Crippen LogP contribution in [-0.2, 0) is 4.79 Å². The molecule has 1 saturated heterocycles. The van der Waals surface area contributed by atoms with Crippen LogP contribution in [0.1, 0.15) is 40.0 Å². The van der Waals surface area contributed by atoms with Crippen LogP contribution >= 0.6 is 0 Å². The number of hydrogen-bond acceptors (Lipinski definition) is 2. The Balaban J connectivity index is 2.54. The first kappa shape index (κ1) is 14.8. The summed E-state index contributed by atoms with van der Waals surface area (Å²) in [5, 5.41) is 11.8. The van der Waals surface area contributed by atoms with Gasteiger partial charge in [-0.2, -0.15) is 0 Å². The van der Waals surface area contributed by atoms with E-state index in [1.807, 2.05) is 13.8 Å². The summed E-state index contributed by atoms with van der Waals surface area (Å²) in [4.78, 5) is 24.9. The van der Waals surface area contributed by atoms with Crippen LogP contribution in [0.3, 0.4) is 0 Å². The molecule has 1 rings (SSSR count). The number of carboxylic acid groups (broad SMARTS) is 1. The first-order valence-electron chi connectivity index (χ1n) is 6.77. The lowest BCUT2D eigenvalue weighted by Gasteiger charge is -2.24. The van der Waals surface area contributed by atoms with Crippen LogP contribution in [0, 0.1) is 11.8 Å². The van der Waals surface area contributed by atoms with Gasteiger partial charge in [-0.3, -0.25) is 0 Å². The van der Waals surface area contributed by atoms with Crippen LogP contribution in [0.15, 0.2) is 0 Å². The Bertz CT molecular complexity index is 307. The number of aliphatic carboxylic acids is 1. The second-order valence-corrected chi connectivity index (χ2v) is 5.16. The van der Waals surface area contributed by atoms with E-state index < -0.39 is 12.0 Å². The standard InChI is InChI=1S/C13H24N2O3/c1-4-9(3)11(12(16)17)14-13(18)15-7-6-10(5-2)8-15/h9-11H,4-8H2,1-3H3,(H,14,18)(H,16,17)/t9?,10?,11-/m0/s1. The normalized spacial score (nSPS) is 22.6. The van der Waals surface area contributed by atoms with Crippen molar-refractivity contribution in [3.63, 3.8) is 0 Å². The minimum Gasteiger partial charge on any atom is -0.480 e. The molecule has 1 aliphatic rings. The number of hydrogen-bond donors (Lipinski definition) is 2. The van der Waals surface area contributed by atoms with Crippen molar-refractivity contribution in [2.45, 2.75) is 46.1 Å². The lowest BCUT2D eigenvalue weighted by atomic mass is 9.99. The van der Waals surface area contributed by atoms with E-state index >= 15 is 0 Å². The van der Waals surface area contributed by atoms with Crippen molar-refractivity contribution < 1.29 is 14.7 Å². The van der Waals surface area contributed by atoms with E-state index in [-0.39, 0.29) is 11.9 Å². The molecule has 1 heterocycles. The van der Waals surface area contributed by atoms with Crippen LogP contribution in [-0.4, -0.2) is 41.1 Å². The highest BCUT2D eigenvalue weighted by Crippen LogP contribution is 2.19. The maximum absolute atomic E-state index is 12.0. The summed E-state index contributed by atoms with van der Waals surface area (Å²) in [6, 6.07) is -1.03. The van der Waals surface area contributed by atoms with E-state index in [1.165, 1.54) is 0 Å². The number of nitrogens with one attached hydrogen (secondary N) is 1. The van der Waals surface area contributed by atoms with E-state index in [2.05, 4.69) is 12.2 Å². The maximum atomic E-state index is 12.0. The predicted octanol–water partition coefficient (Wildman–Crippen LogP) is 1.93. The van der Waals surface area contributed by atoms with E-state index in [0.717, 1.165) is 32.4 Å². The molecule has 1 aliphatic heterocycles. The summed E-state index contributed by atoms with van der Waals surface area (Å²) in [5.74, 6) is -0.456. The molecule has 0 radical (unpaired) electrons. The molecule has 18 heavy (non-hydrogen) atoms. The van der Waals surface area contributed by atoms with Crippen LogP contribution in [0.4, 0.5) is 4.79 Å². The molecule has 2 amide bonds. The largest absolute Gasteiger partial charge is 0.480 e. The molecule has 0 aromatic carbocycles. The highest BCUT2D eigenvalue weighted by molar-refractivity contribution is 5.82. The van der Waals surface area contributed by atoms with Gasteiger partial charge >= 0.3 is 12.0 Å². The van der Waals surface area contributed by atoms with E-state index in [1.54, 1.807) is 4.90 Å². The molecule has 0 bridgehead atoms. The maximum Gasteiger partial charge on any atom is 0.326 e. The average Bonchev–Trinajstić information content (AvgIpc) is 2.83. The third-order valence-electron chi connectivity index (χ3n) is 3.91. The molecule has 3 atom stereocenters. The molecule has 0 aliphatic carbocycles. The summed E-state index contributed by atoms with van der Waals surface area (Å²) in [6.07, 6.45) is 2.82. The molecule has 0 spiro atoms. The summed E-state index contributed by atoms with van der Waals surface area (Å²) in [7, 11) is 0. The zero-order valence-electron chi connectivity index (χ0n) is 11.5. The molecular weight excluding hydrogens is 232 g/mol. The number of amides is 2. The first-order chi connectivity index (χ1) is 8.49. The quantitative estimate of drug-likeness (QED) is 0.789. The van der Waals surface area contributed by atoms with Gasteiger partial charge in [-0.05, 0) is 18.3 Å². The molecule has 0 aromatic heterocycles. The second-order valence-electron chi connectivity index (χ2n) is 5.16. The molecule has 2 N–H and O–H groups in total. The minimum atomic E-state index is -0.955. The fourth-order valence-corrected chi connectivity index (χ4v) is 2.26.